The molecule has 1 aliphatic heterocycles. The van der Waals surface area contributed by atoms with Gasteiger partial charge in [0, 0.05) is 19.3 Å². The summed E-state index contributed by atoms with van der Waals surface area (Å²) in [6.45, 7) is 0.924. The molecule has 0 radical (unpaired) electrons. The molecule has 2 aromatic rings. The summed E-state index contributed by atoms with van der Waals surface area (Å²) in [6, 6.07) is 1.79. The van der Waals surface area contributed by atoms with Crippen LogP contribution in [0.1, 0.15) is 6.42 Å². The van der Waals surface area contributed by atoms with Crippen LogP contribution in [0.5, 0.6) is 0 Å². The number of thiazole rings is 1. The number of hydrogen-bond donors (Lipinski definition) is 1. The highest BCUT2D eigenvalue weighted by Gasteiger charge is 2.32. The maximum Gasteiger partial charge on any atom is 0.310 e. The van der Waals surface area contributed by atoms with Crippen molar-refractivity contribution in [1.29, 1.82) is 0 Å². The number of methoxy groups -OCH3 is 1. The van der Waals surface area contributed by atoms with E-state index in [4.69, 9.17) is 16.3 Å². The number of carbonyl (C=O) groups excluding carboxylic acids is 1. The molecule has 0 amide bonds. The number of β-amino-alcohol motifs (C(OH)–C–C–N with tert-alkyl or cyclic N) is 1. The summed E-state index contributed by atoms with van der Waals surface area (Å²) in [5, 5.41) is 11.1. The first-order valence-electron chi connectivity index (χ1n) is 6.50. The predicted octanol–water partition coefficient (Wildman–Crippen LogP) is 1.70. The fraction of sp³-hybridized carbons (Fsp3) is 0.462. The Morgan fingerprint density at radius 2 is 2.38 bits per heavy atom. The van der Waals surface area contributed by atoms with E-state index < -0.39 is 6.10 Å². The average molecular weight is 328 g/mol. The average Bonchev–Trinajstić information content (AvgIpc) is 2.91. The van der Waals surface area contributed by atoms with Crippen LogP contribution >= 0.6 is 22.9 Å². The van der Waals surface area contributed by atoms with Gasteiger partial charge < -0.3 is 14.7 Å². The highest BCUT2D eigenvalue weighted by molar-refractivity contribution is 7.22. The van der Waals surface area contributed by atoms with Gasteiger partial charge in [-0.05, 0) is 12.5 Å². The van der Waals surface area contributed by atoms with E-state index in [9.17, 15) is 9.90 Å². The third-order valence-electron chi connectivity index (χ3n) is 3.48. The Labute approximate surface area is 130 Å². The van der Waals surface area contributed by atoms with Crippen LogP contribution < -0.4 is 4.90 Å². The third-order valence-corrected chi connectivity index (χ3v) is 5.02. The van der Waals surface area contributed by atoms with Crippen molar-refractivity contribution in [3.63, 3.8) is 0 Å². The van der Waals surface area contributed by atoms with Gasteiger partial charge in [0.2, 0.25) is 0 Å². The molecule has 0 bridgehead atoms. The highest BCUT2D eigenvalue weighted by Crippen LogP contribution is 2.34. The van der Waals surface area contributed by atoms with Gasteiger partial charge >= 0.3 is 5.97 Å². The van der Waals surface area contributed by atoms with Crippen molar-refractivity contribution in [2.45, 2.75) is 12.5 Å². The number of aliphatic hydroxyl groups excluding tert-OH is 1. The van der Waals surface area contributed by atoms with E-state index in [0.717, 1.165) is 15.3 Å². The van der Waals surface area contributed by atoms with Crippen molar-refractivity contribution in [3.8, 4) is 0 Å². The van der Waals surface area contributed by atoms with Gasteiger partial charge in [-0.15, -0.1) is 0 Å². The molecule has 3 rings (SSSR count). The molecule has 6 nitrogen and oxygen atoms in total. The maximum atomic E-state index is 11.7. The smallest absolute Gasteiger partial charge is 0.310 e. The van der Waals surface area contributed by atoms with Gasteiger partial charge in [0.15, 0.2) is 5.13 Å². The topological polar surface area (TPSA) is 75.6 Å². The van der Waals surface area contributed by atoms with E-state index in [1.165, 1.54) is 18.4 Å². The van der Waals surface area contributed by atoms with Crippen LogP contribution in [0.3, 0.4) is 0 Å². The minimum atomic E-state index is -0.580. The van der Waals surface area contributed by atoms with Crippen LogP contribution in [0.2, 0.25) is 5.15 Å². The van der Waals surface area contributed by atoms with Crippen LogP contribution in [-0.2, 0) is 9.53 Å². The molecule has 3 heterocycles. The zero-order chi connectivity index (χ0) is 15.0. The Morgan fingerprint density at radius 3 is 3.10 bits per heavy atom. The summed E-state index contributed by atoms with van der Waals surface area (Å²) >= 11 is 7.47. The molecule has 0 aromatic carbocycles. The van der Waals surface area contributed by atoms with Crippen LogP contribution in [0.15, 0.2) is 12.3 Å². The number of ether oxygens (including phenoxy) is 1. The fourth-order valence-electron chi connectivity index (χ4n) is 2.51. The Morgan fingerprint density at radius 1 is 1.57 bits per heavy atom. The fourth-order valence-corrected chi connectivity index (χ4v) is 3.74. The first-order chi connectivity index (χ1) is 10.1. The van der Waals surface area contributed by atoms with Crippen molar-refractivity contribution < 1.29 is 14.6 Å². The number of halogens is 1. The number of aliphatic hydroxyl groups is 1. The Balaban J connectivity index is 1.90. The van der Waals surface area contributed by atoms with Gasteiger partial charge in [0.25, 0.3) is 0 Å². The summed E-state index contributed by atoms with van der Waals surface area (Å²) in [5.41, 5.74) is 0.768. The number of nitrogens with zero attached hydrogens (tertiary/aromatic N) is 3. The molecule has 1 aliphatic rings. The van der Waals surface area contributed by atoms with Crippen molar-refractivity contribution in [1.82, 2.24) is 9.97 Å². The first kappa shape index (κ1) is 14.5. The maximum absolute atomic E-state index is 11.7. The summed E-state index contributed by atoms with van der Waals surface area (Å²) < 4.78 is 5.58. The van der Waals surface area contributed by atoms with Gasteiger partial charge in [0.1, 0.15) is 5.15 Å². The number of esters is 1. The molecule has 0 spiro atoms. The van der Waals surface area contributed by atoms with Crippen molar-refractivity contribution in [2.75, 3.05) is 25.1 Å². The van der Waals surface area contributed by atoms with Crippen molar-refractivity contribution in [2.24, 2.45) is 5.92 Å². The van der Waals surface area contributed by atoms with Crippen LogP contribution in [-0.4, -0.2) is 47.3 Å². The van der Waals surface area contributed by atoms with Crippen molar-refractivity contribution in [3.05, 3.63) is 17.4 Å². The second kappa shape index (κ2) is 5.75. The molecule has 0 aliphatic carbocycles. The minimum absolute atomic E-state index is 0.306. The monoisotopic (exact) mass is 327 g/mol. The van der Waals surface area contributed by atoms with Crippen LogP contribution in [0.25, 0.3) is 10.2 Å². The Bertz CT molecular complexity index is 678. The molecule has 0 unspecified atom stereocenters. The molecule has 1 fully saturated rings. The Hall–Kier alpha value is -1.44. The van der Waals surface area contributed by atoms with Gasteiger partial charge in [-0.25, -0.2) is 9.97 Å². The molecule has 112 valence electrons. The zero-order valence-electron chi connectivity index (χ0n) is 11.3. The van der Waals surface area contributed by atoms with Crippen LogP contribution in [0, 0.1) is 5.92 Å². The lowest BCUT2D eigenvalue weighted by Crippen LogP contribution is -2.46. The predicted molar refractivity (Wildman–Crippen MR) is 80.8 cm³/mol. The van der Waals surface area contributed by atoms with Gasteiger partial charge in [0.05, 0.1) is 29.3 Å². The SMILES string of the molecule is COC(=O)[C@@H]1C[C@@H](O)CN(c2nc3ccnc(Cl)c3s2)C1. The Kier molecular flexibility index (Phi) is 3.97. The number of hydrogen-bond acceptors (Lipinski definition) is 7. The first-order valence-corrected chi connectivity index (χ1v) is 7.70. The van der Waals surface area contributed by atoms with E-state index in [-0.39, 0.29) is 11.9 Å². The molecular weight excluding hydrogens is 314 g/mol. The quantitative estimate of drug-likeness (QED) is 0.668. The van der Waals surface area contributed by atoms with Gasteiger partial charge in [-0.2, -0.15) is 0 Å². The normalized spacial score (nSPS) is 22.5. The third kappa shape index (κ3) is 2.81. The highest BCUT2D eigenvalue weighted by atomic mass is 35.5. The lowest BCUT2D eigenvalue weighted by atomic mass is 9.96. The van der Waals surface area contributed by atoms with E-state index in [0.29, 0.717) is 24.7 Å². The van der Waals surface area contributed by atoms with E-state index in [2.05, 4.69) is 9.97 Å². The number of fused-ring (bicyclic) bond motifs is 1. The summed E-state index contributed by atoms with van der Waals surface area (Å²) in [7, 11) is 1.36. The number of aromatic nitrogens is 2. The summed E-state index contributed by atoms with van der Waals surface area (Å²) in [5.74, 6) is -0.654. The molecule has 2 atom stereocenters. The number of carbonyl (C=O) groups is 1. The number of rotatable bonds is 2. The molecule has 2 aromatic heterocycles. The van der Waals surface area contributed by atoms with E-state index in [1.54, 1.807) is 12.3 Å². The van der Waals surface area contributed by atoms with Crippen molar-refractivity contribution >= 4 is 44.3 Å². The van der Waals surface area contributed by atoms with Gasteiger partial charge in [-0.3, -0.25) is 4.79 Å². The van der Waals surface area contributed by atoms with Crippen LogP contribution in [0.4, 0.5) is 5.13 Å². The second-order valence-corrected chi connectivity index (χ2v) is 6.30. The van der Waals surface area contributed by atoms with E-state index in [1.807, 2.05) is 4.90 Å². The lowest BCUT2D eigenvalue weighted by molar-refractivity contribution is -0.146. The molecule has 1 saturated heterocycles. The molecular formula is C13H14ClN3O3S. The number of piperidine rings is 1. The lowest BCUT2D eigenvalue weighted by Gasteiger charge is -2.34. The second-order valence-electron chi connectivity index (χ2n) is 4.96. The number of pyridine rings is 1. The number of anilines is 1. The molecule has 21 heavy (non-hydrogen) atoms. The standard InChI is InChI=1S/C13H14ClN3O3S/c1-20-12(19)7-4-8(18)6-17(5-7)13-16-9-2-3-15-11(14)10(9)21-13/h2-3,7-8,18H,4-6H2,1H3/t7-,8-/m1/s1. The molecule has 1 N–H and O–H groups in total. The largest absolute Gasteiger partial charge is 0.469 e. The zero-order valence-corrected chi connectivity index (χ0v) is 12.9. The molecule has 0 saturated carbocycles. The summed E-state index contributed by atoms with van der Waals surface area (Å²) in [4.78, 5) is 22.1. The van der Waals surface area contributed by atoms with Gasteiger partial charge in [-0.1, -0.05) is 22.9 Å². The molecule has 8 heteroatoms. The summed E-state index contributed by atoms with van der Waals surface area (Å²) in [6.07, 6.45) is 1.44. The minimum Gasteiger partial charge on any atom is -0.469 e. The van der Waals surface area contributed by atoms with E-state index >= 15 is 0 Å².